The van der Waals surface area contributed by atoms with E-state index in [0.717, 1.165) is 47.1 Å². The Kier molecular flexibility index (Phi) is 7.95. The van der Waals surface area contributed by atoms with Crippen LogP contribution in [0.3, 0.4) is 0 Å². The number of carbonyl (C=O) groups is 1. The molecule has 3 aromatic rings. The second kappa shape index (κ2) is 11.1. The third kappa shape index (κ3) is 6.75. The van der Waals surface area contributed by atoms with Gasteiger partial charge in [0, 0.05) is 45.7 Å². The largest absolute Gasteiger partial charge is 0.491 e. The molecule has 7 nitrogen and oxygen atoms in total. The molecule has 0 spiro atoms. The minimum Gasteiger partial charge on any atom is -0.491 e. The number of nitrogens with one attached hydrogen (secondary N) is 2. The van der Waals surface area contributed by atoms with Gasteiger partial charge in [0.2, 0.25) is 0 Å². The van der Waals surface area contributed by atoms with Gasteiger partial charge in [-0.25, -0.2) is 4.79 Å². The summed E-state index contributed by atoms with van der Waals surface area (Å²) in [4.78, 5) is 15.1. The average Bonchev–Trinajstić information content (AvgIpc) is 3.50. The van der Waals surface area contributed by atoms with E-state index in [2.05, 4.69) is 47.7 Å². The highest BCUT2D eigenvalue weighted by Gasteiger charge is 2.22. The fraction of sp³-hybridized carbons (Fsp3) is 0.370. The number of aromatic nitrogens is 1. The Morgan fingerprint density at radius 2 is 2.06 bits per heavy atom. The zero-order valence-electron chi connectivity index (χ0n) is 20.0. The Labute approximate surface area is 209 Å². The van der Waals surface area contributed by atoms with Crippen LogP contribution in [0.5, 0.6) is 5.75 Å². The maximum atomic E-state index is 10.7. The average molecular weight is 497 g/mol. The molecule has 0 radical (unpaired) electrons. The highest BCUT2D eigenvalue weighted by molar-refractivity contribution is 7.11. The maximum Gasteiger partial charge on any atom is 0.341 e. The van der Waals surface area contributed by atoms with Crippen molar-refractivity contribution in [3.05, 3.63) is 70.3 Å². The van der Waals surface area contributed by atoms with Gasteiger partial charge in [0.05, 0.1) is 0 Å². The summed E-state index contributed by atoms with van der Waals surface area (Å²) in [5.74, 6) is 0.356. The van der Waals surface area contributed by atoms with Crippen molar-refractivity contribution in [2.45, 2.75) is 44.8 Å². The highest BCUT2D eigenvalue weighted by atomic mass is 32.1. The second-order valence-electron chi connectivity index (χ2n) is 9.35. The number of allylic oxidation sites excluding steroid dienone is 3. The van der Waals surface area contributed by atoms with Crippen LogP contribution < -0.4 is 10.1 Å². The Balaban J connectivity index is 1.29. The number of benzene rings is 1. The number of thiophene rings is 1. The fourth-order valence-electron chi connectivity index (χ4n) is 4.17. The van der Waals surface area contributed by atoms with E-state index in [1.807, 2.05) is 24.4 Å². The third-order valence-electron chi connectivity index (χ3n) is 5.88. The van der Waals surface area contributed by atoms with Gasteiger partial charge in [0.15, 0.2) is 6.61 Å². The van der Waals surface area contributed by atoms with Crippen LogP contribution in [0.15, 0.2) is 59.8 Å². The molecule has 0 fully saturated rings. The van der Waals surface area contributed by atoms with Crippen molar-refractivity contribution in [2.75, 3.05) is 19.8 Å². The summed E-state index contributed by atoms with van der Waals surface area (Å²) in [7, 11) is 0. The summed E-state index contributed by atoms with van der Waals surface area (Å²) in [6, 6.07) is 9.65. The molecular formula is C27H32N2O5S. The molecule has 2 heterocycles. The smallest absolute Gasteiger partial charge is 0.341 e. The molecule has 1 aliphatic carbocycles. The molecule has 1 aromatic carbocycles. The third-order valence-corrected chi connectivity index (χ3v) is 6.78. The monoisotopic (exact) mass is 496 g/mol. The van der Waals surface area contributed by atoms with Gasteiger partial charge < -0.3 is 30.0 Å². The van der Waals surface area contributed by atoms with Crippen LogP contribution in [-0.2, 0) is 16.0 Å². The molecule has 0 amide bonds. The summed E-state index contributed by atoms with van der Waals surface area (Å²) in [5, 5.41) is 26.0. The summed E-state index contributed by atoms with van der Waals surface area (Å²) < 4.78 is 11.3. The van der Waals surface area contributed by atoms with Crippen LogP contribution in [0.25, 0.3) is 16.5 Å². The molecule has 0 aliphatic heterocycles. The lowest BCUT2D eigenvalue weighted by Crippen LogP contribution is -2.45. The lowest BCUT2D eigenvalue weighted by molar-refractivity contribution is -0.139. The van der Waals surface area contributed by atoms with E-state index in [-0.39, 0.29) is 18.8 Å². The number of aromatic amines is 1. The van der Waals surface area contributed by atoms with Gasteiger partial charge in [-0.15, -0.1) is 11.3 Å². The number of aliphatic carboxylic acids is 1. The molecule has 8 heteroatoms. The topological polar surface area (TPSA) is 104 Å². The van der Waals surface area contributed by atoms with Crippen LogP contribution in [0.4, 0.5) is 0 Å². The number of hydrogen-bond acceptors (Lipinski definition) is 6. The zero-order chi connectivity index (χ0) is 24.8. The van der Waals surface area contributed by atoms with Crippen molar-refractivity contribution in [3.63, 3.8) is 0 Å². The van der Waals surface area contributed by atoms with Crippen molar-refractivity contribution >= 4 is 33.8 Å². The lowest BCUT2D eigenvalue weighted by atomic mass is 9.94. The first-order valence-electron chi connectivity index (χ1n) is 11.8. The molecule has 2 aromatic heterocycles. The lowest BCUT2D eigenvalue weighted by Gasteiger charge is -2.28. The van der Waals surface area contributed by atoms with E-state index in [0.29, 0.717) is 12.3 Å². The predicted octanol–water partition coefficient (Wildman–Crippen LogP) is 4.74. The molecule has 35 heavy (non-hydrogen) atoms. The quantitative estimate of drug-likeness (QED) is 0.289. The van der Waals surface area contributed by atoms with E-state index in [1.165, 1.54) is 4.88 Å². The number of hydrogen-bond donors (Lipinski definition) is 4. The van der Waals surface area contributed by atoms with Crippen LogP contribution in [0.1, 0.15) is 37.1 Å². The van der Waals surface area contributed by atoms with E-state index < -0.39 is 12.1 Å². The number of aliphatic hydroxyl groups is 1. The summed E-state index contributed by atoms with van der Waals surface area (Å²) in [6.07, 6.45) is 8.32. The van der Waals surface area contributed by atoms with Crippen LogP contribution in [0.2, 0.25) is 0 Å². The second-order valence-corrected chi connectivity index (χ2v) is 10.3. The SMILES string of the molecule is CC(C)(Cc1c[nH]c2cc(OCC(=O)O)ccc12)NCC(O)COC1=CCCC=C1c1cccs1. The predicted molar refractivity (Wildman–Crippen MR) is 139 cm³/mol. The van der Waals surface area contributed by atoms with Crippen molar-refractivity contribution in [3.8, 4) is 5.75 Å². The van der Waals surface area contributed by atoms with Crippen LogP contribution in [-0.4, -0.2) is 52.6 Å². The summed E-state index contributed by atoms with van der Waals surface area (Å²) in [5.41, 5.74) is 2.87. The van der Waals surface area contributed by atoms with Gasteiger partial charge in [0.1, 0.15) is 24.2 Å². The molecule has 0 saturated heterocycles. The normalized spacial score (nSPS) is 14.9. The number of rotatable bonds is 12. The van der Waals surface area contributed by atoms with Crippen LogP contribution in [0, 0.1) is 0 Å². The van der Waals surface area contributed by atoms with Crippen molar-refractivity contribution < 1.29 is 24.5 Å². The number of fused-ring (bicyclic) bond motifs is 1. The number of carboxylic acid groups (broad SMARTS) is 1. The van der Waals surface area contributed by atoms with Crippen molar-refractivity contribution in [2.24, 2.45) is 0 Å². The van der Waals surface area contributed by atoms with E-state index in [1.54, 1.807) is 17.4 Å². The number of β-amino-alcohol motifs (C(OH)–C–C–N with tert-alkyl or cyclic N) is 1. The first-order valence-corrected chi connectivity index (χ1v) is 12.6. The summed E-state index contributed by atoms with van der Waals surface area (Å²) in [6.45, 7) is 4.47. The molecule has 186 valence electrons. The molecule has 0 saturated carbocycles. The number of carboxylic acids is 1. The number of aliphatic hydroxyl groups excluding tert-OH is 1. The molecule has 1 unspecified atom stereocenters. The van der Waals surface area contributed by atoms with Gasteiger partial charge in [-0.3, -0.25) is 0 Å². The fourth-order valence-corrected chi connectivity index (χ4v) is 4.94. The molecule has 1 aliphatic rings. The molecule has 4 rings (SSSR count). The van der Waals surface area contributed by atoms with E-state index in [4.69, 9.17) is 14.6 Å². The number of H-pyrrole nitrogens is 1. The Bertz CT molecular complexity index is 1210. The molecule has 1 atom stereocenters. The molecule has 0 bridgehead atoms. The first-order chi connectivity index (χ1) is 16.8. The minimum absolute atomic E-state index is 0.226. The van der Waals surface area contributed by atoms with Gasteiger partial charge in [-0.05, 0) is 68.3 Å². The Morgan fingerprint density at radius 1 is 1.23 bits per heavy atom. The van der Waals surface area contributed by atoms with Gasteiger partial charge in [-0.2, -0.15) is 0 Å². The minimum atomic E-state index is -1.01. The first kappa shape index (κ1) is 25.0. The maximum absolute atomic E-state index is 10.7. The van der Waals surface area contributed by atoms with Crippen molar-refractivity contribution in [1.29, 1.82) is 0 Å². The number of ether oxygens (including phenoxy) is 2. The van der Waals surface area contributed by atoms with Gasteiger partial charge >= 0.3 is 5.97 Å². The Morgan fingerprint density at radius 3 is 2.83 bits per heavy atom. The van der Waals surface area contributed by atoms with E-state index in [9.17, 15) is 9.90 Å². The van der Waals surface area contributed by atoms with Gasteiger partial charge in [0.25, 0.3) is 0 Å². The summed E-state index contributed by atoms with van der Waals surface area (Å²) >= 11 is 1.69. The standard InChI is InChI=1S/C27H32N2O5S/c1-27(2,13-18-14-28-23-12-20(9-10-21(18)23)33-17-26(31)32)29-15-19(30)16-34-24-7-4-3-6-22(24)25-8-5-11-35-25/h5-12,14,19,28-30H,3-4,13,15-17H2,1-2H3,(H,31,32). The van der Waals surface area contributed by atoms with Crippen molar-refractivity contribution in [1.82, 2.24) is 10.3 Å². The zero-order valence-corrected chi connectivity index (χ0v) is 20.9. The molecular weight excluding hydrogens is 464 g/mol. The van der Waals surface area contributed by atoms with Gasteiger partial charge in [-0.1, -0.05) is 12.1 Å². The van der Waals surface area contributed by atoms with E-state index >= 15 is 0 Å². The molecule has 4 N–H and O–H groups in total. The van der Waals surface area contributed by atoms with Crippen LogP contribution >= 0.6 is 11.3 Å². The highest BCUT2D eigenvalue weighted by Crippen LogP contribution is 2.32. The Hall–Kier alpha value is -3.07.